The highest BCUT2D eigenvalue weighted by Gasteiger charge is 2.30. The van der Waals surface area contributed by atoms with Crippen LogP contribution in [0.4, 0.5) is 14.5 Å². The van der Waals surface area contributed by atoms with E-state index in [0.717, 1.165) is 26.0 Å². The number of hydrogen-bond donors (Lipinski definition) is 2. The summed E-state index contributed by atoms with van der Waals surface area (Å²) >= 11 is 0. The number of nitrogens with one attached hydrogen (secondary N) is 2. The van der Waals surface area contributed by atoms with Crippen LogP contribution in [0.25, 0.3) is 0 Å². The number of halogens is 3. The van der Waals surface area contributed by atoms with Crippen LogP contribution < -0.4 is 15.5 Å². The third-order valence-electron chi connectivity index (χ3n) is 5.88. The molecule has 2 N–H and O–H groups in total. The zero-order chi connectivity index (χ0) is 20.9. The van der Waals surface area contributed by atoms with Crippen molar-refractivity contribution in [3.05, 3.63) is 65.7 Å². The molecule has 0 spiro atoms. The number of para-hydroxylation sites is 1. The van der Waals surface area contributed by atoms with E-state index in [1.807, 2.05) is 18.2 Å². The van der Waals surface area contributed by atoms with E-state index >= 15 is 0 Å². The molecule has 2 fully saturated rings. The van der Waals surface area contributed by atoms with Crippen LogP contribution in [-0.4, -0.2) is 45.3 Å². The first-order chi connectivity index (χ1) is 14.7. The van der Waals surface area contributed by atoms with Crippen LogP contribution in [0.1, 0.15) is 24.5 Å². The maximum atomic E-state index is 14.1. The molecule has 2 saturated heterocycles. The molecule has 3 unspecified atom stereocenters. The van der Waals surface area contributed by atoms with Gasteiger partial charge in [-0.3, -0.25) is 4.99 Å². The fourth-order valence-electron chi connectivity index (χ4n) is 4.34. The van der Waals surface area contributed by atoms with E-state index in [0.29, 0.717) is 25.0 Å². The van der Waals surface area contributed by atoms with E-state index < -0.39 is 11.6 Å². The summed E-state index contributed by atoms with van der Waals surface area (Å²) in [5, 5.41) is 6.80. The molecule has 0 aliphatic carbocycles. The topological polar surface area (TPSA) is 48.9 Å². The molecule has 168 valence electrons. The van der Waals surface area contributed by atoms with Gasteiger partial charge in [0, 0.05) is 45.2 Å². The van der Waals surface area contributed by atoms with Crippen molar-refractivity contribution in [1.29, 1.82) is 0 Å². The summed E-state index contributed by atoms with van der Waals surface area (Å²) in [4.78, 5) is 6.09. The summed E-state index contributed by atoms with van der Waals surface area (Å²) in [6, 6.07) is 14.3. The molecule has 8 heteroatoms. The van der Waals surface area contributed by atoms with Crippen LogP contribution in [0, 0.1) is 17.6 Å². The quantitative estimate of drug-likeness (QED) is 0.340. The van der Waals surface area contributed by atoms with Crippen molar-refractivity contribution in [2.45, 2.75) is 25.0 Å². The fourth-order valence-corrected chi connectivity index (χ4v) is 4.34. The van der Waals surface area contributed by atoms with Gasteiger partial charge >= 0.3 is 0 Å². The number of aliphatic imine (C=N–C) groups is 1. The van der Waals surface area contributed by atoms with Crippen molar-refractivity contribution in [2.24, 2.45) is 10.9 Å². The van der Waals surface area contributed by atoms with E-state index in [2.05, 4.69) is 27.8 Å². The van der Waals surface area contributed by atoms with Crippen molar-refractivity contribution < 1.29 is 13.5 Å². The Morgan fingerprint density at radius 2 is 1.84 bits per heavy atom. The van der Waals surface area contributed by atoms with Gasteiger partial charge in [-0.2, -0.15) is 0 Å². The number of rotatable bonds is 5. The van der Waals surface area contributed by atoms with Crippen LogP contribution in [0.15, 0.2) is 53.5 Å². The fraction of sp³-hybridized carbons (Fsp3) is 0.435. The number of guanidine groups is 1. The minimum atomic E-state index is -0.522. The van der Waals surface area contributed by atoms with Gasteiger partial charge in [0.2, 0.25) is 0 Å². The Balaban J connectivity index is 0.00000272. The number of anilines is 1. The minimum Gasteiger partial charge on any atom is -0.373 e. The van der Waals surface area contributed by atoms with E-state index in [-0.39, 0.29) is 41.8 Å². The van der Waals surface area contributed by atoms with Crippen LogP contribution in [0.3, 0.4) is 0 Å². The molecule has 0 radical (unpaired) electrons. The van der Waals surface area contributed by atoms with E-state index in [1.54, 1.807) is 11.9 Å². The molecule has 2 aromatic rings. The highest BCUT2D eigenvalue weighted by molar-refractivity contribution is 14.0. The number of benzene rings is 2. The number of ether oxygens (including phenoxy) is 1. The Hall–Kier alpha value is -1.94. The second kappa shape index (κ2) is 11.1. The summed E-state index contributed by atoms with van der Waals surface area (Å²) in [5.41, 5.74) is 1.25. The SMILES string of the molecule is CN=C(NCC1CCOC1c1ccccc1)NC1CCN(c2c(F)cccc2F)C1.I. The lowest BCUT2D eigenvalue weighted by Gasteiger charge is -2.23. The molecule has 5 nitrogen and oxygen atoms in total. The predicted molar refractivity (Wildman–Crippen MR) is 130 cm³/mol. The standard InChI is InChI=1S/C23H28F2N4O.HI/c1-26-23(27-14-17-11-13-30-22(17)16-6-3-2-4-7-16)28-18-10-12-29(15-18)21-19(24)8-5-9-20(21)25;/h2-9,17-18,22H,10-15H2,1H3,(H2,26,27,28);1H. The van der Waals surface area contributed by atoms with Gasteiger partial charge in [0.1, 0.15) is 17.3 Å². The maximum absolute atomic E-state index is 14.1. The van der Waals surface area contributed by atoms with Crippen molar-refractivity contribution in [3.63, 3.8) is 0 Å². The first-order valence-electron chi connectivity index (χ1n) is 10.5. The lowest BCUT2D eigenvalue weighted by molar-refractivity contribution is 0.0915. The third-order valence-corrected chi connectivity index (χ3v) is 5.88. The molecule has 2 aromatic carbocycles. The van der Waals surface area contributed by atoms with Gasteiger partial charge in [-0.15, -0.1) is 24.0 Å². The lowest BCUT2D eigenvalue weighted by Crippen LogP contribution is -2.46. The Morgan fingerprint density at radius 1 is 1.10 bits per heavy atom. The van der Waals surface area contributed by atoms with Gasteiger partial charge < -0.3 is 20.3 Å². The van der Waals surface area contributed by atoms with Crippen molar-refractivity contribution in [1.82, 2.24) is 10.6 Å². The Morgan fingerprint density at radius 3 is 2.55 bits per heavy atom. The molecule has 2 aliphatic rings. The first kappa shape index (κ1) is 23.7. The highest BCUT2D eigenvalue weighted by Crippen LogP contribution is 2.34. The van der Waals surface area contributed by atoms with Gasteiger partial charge in [-0.1, -0.05) is 36.4 Å². The van der Waals surface area contributed by atoms with Gasteiger partial charge in [-0.05, 0) is 30.5 Å². The van der Waals surface area contributed by atoms with Gasteiger partial charge in [0.15, 0.2) is 5.96 Å². The number of hydrogen-bond acceptors (Lipinski definition) is 3. The average molecular weight is 542 g/mol. The monoisotopic (exact) mass is 542 g/mol. The smallest absolute Gasteiger partial charge is 0.191 e. The zero-order valence-electron chi connectivity index (χ0n) is 17.6. The molecular formula is C23H29F2IN4O. The molecular weight excluding hydrogens is 513 g/mol. The Bertz CT molecular complexity index is 863. The summed E-state index contributed by atoms with van der Waals surface area (Å²) in [6.45, 7) is 2.62. The molecule has 0 bridgehead atoms. The average Bonchev–Trinajstić information content (AvgIpc) is 3.41. The molecule has 0 amide bonds. The third kappa shape index (κ3) is 5.65. The number of nitrogens with zero attached hydrogens (tertiary/aromatic N) is 2. The van der Waals surface area contributed by atoms with E-state index in [4.69, 9.17) is 4.74 Å². The molecule has 0 saturated carbocycles. The van der Waals surface area contributed by atoms with Gasteiger partial charge in [-0.25, -0.2) is 8.78 Å². The van der Waals surface area contributed by atoms with E-state index in [1.165, 1.54) is 23.8 Å². The van der Waals surface area contributed by atoms with E-state index in [9.17, 15) is 8.78 Å². The first-order valence-corrected chi connectivity index (χ1v) is 10.5. The van der Waals surface area contributed by atoms with Crippen molar-refractivity contribution in [3.8, 4) is 0 Å². The summed E-state index contributed by atoms with van der Waals surface area (Å²) < 4.78 is 34.1. The Labute approximate surface area is 199 Å². The summed E-state index contributed by atoms with van der Waals surface area (Å²) in [6.07, 6.45) is 1.86. The Kier molecular flexibility index (Phi) is 8.48. The maximum Gasteiger partial charge on any atom is 0.191 e. The highest BCUT2D eigenvalue weighted by atomic mass is 127. The largest absolute Gasteiger partial charge is 0.373 e. The normalized spacial score (nSPS) is 23.5. The van der Waals surface area contributed by atoms with Crippen LogP contribution in [-0.2, 0) is 4.74 Å². The molecule has 4 rings (SSSR count). The van der Waals surface area contributed by atoms with Crippen LogP contribution >= 0.6 is 24.0 Å². The minimum absolute atomic E-state index is 0. The second-order valence-corrected chi connectivity index (χ2v) is 7.85. The molecule has 0 aromatic heterocycles. The molecule has 2 aliphatic heterocycles. The second-order valence-electron chi connectivity index (χ2n) is 7.85. The molecule has 2 heterocycles. The van der Waals surface area contributed by atoms with Crippen LogP contribution in [0.5, 0.6) is 0 Å². The zero-order valence-corrected chi connectivity index (χ0v) is 19.9. The summed E-state index contributed by atoms with van der Waals surface area (Å²) in [5.74, 6) is 0.0193. The van der Waals surface area contributed by atoms with Gasteiger partial charge in [0.05, 0.1) is 6.10 Å². The lowest BCUT2D eigenvalue weighted by atomic mass is 9.95. The van der Waals surface area contributed by atoms with Crippen molar-refractivity contribution >= 4 is 35.6 Å². The predicted octanol–water partition coefficient (Wildman–Crippen LogP) is 4.10. The van der Waals surface area contributed by atoms with Crippen molar-refractivity contribution in [2.75, 3.05) is 38.2 Å². The van der Waals surface area contributed by atoms with Gasteiger partial charge in [0.25, 0.3) is 0 Å². The molecule has 3 atom stereocenters. The summed E-state index contributed by atoms with van der Waals surface area (Å²) in [7, 11) is 1.73. The molecule has 31 heavy (non-hydrogen) atoms. The van der Waals surface area contributed by atoms with Crippen LogP contribution in [0.2, 0.25) is 0 Å².